The van der Waals surface area contributed by atoms with Crippen molar-refractivity contribution < 1.29 is 9.50 Å². The molecule has 0 aliphatic rings. The second-order valence-electron chi connectivity index (χ2n) is 2.93. The van der Waals surface area contributed by atoms with E-state index in [0.717, 1.165) is 6.20 Å². The van der Waals surface area contributed by atoms with Crippen LogP contribution in [0.1, 0.15) is 17.4 Å². The molecular formula is C10H8FN3O. The van der Waals surface area contributed by atoms with Crippen LogP contribution in [0.5, 0.6) is 0 Å². The van der Waals surface area contributed by atoms with E-state index in [0.29, 0.717) is 5.69 Å². The van der Waals surface area contributed by atoms with E-state index in [4.69, 9.17) is 0 Å². The number of nitrogens with zero attached hydrogens (tertiary/aromatic N) is 3. The fraction of sp³-hybridized carbons (Fsp3) is 0.100. The Hall–Kier alpha value is -1.88. The summed E-state index contributed by atoms with van der Waals surface area (Å²) in [5, 5.41) is 9.81. The van der Waals surface area contributed by atoms with E-state index in [-0.39, 0.29) is 5.56 Å². The van der Waals surface area contributed by atoms with Gasteiger partial charge in [0.05, 0.1) is 11.9 Å². The molecule has 2 aromatic heterocycles. The van der Waals surface area contributed by atoms with Crippen molar-refractivity contribution in [1.29, 1.82) is 0 Å². The van der Waals surface area contributed by atoms with Gasteiger partial charge in [0, 0.05) is 18.0 Å². The van der Waals surface area contributed by atoms with Gasteiger partial charge in [0.2, 0.25) is 0 Å². The number of halogens is 1. The topological polar surface area (TPSA) is 58.9 Å². The van der Waals surface area contributed by atoms with Crippen molar-refractivity contribution in [2.24, 2.45) is 0 Å². The highest BCUT2D eigenvalue weighted by Crippen LogP contribution is 2.20. The Balaban J connectivity index is 2.37. The van der Waals surface area contributed by atoms with E-state index >= 15 is 0 Å². The highest BCUT2D eigenvalue weighted by atomic mass is 19.1. The third-order valence-electron chi connectivity index (χ3n) is 1.98. The lowest BCUT2D eigenvalue weighted by molar-refractivity contribution is 0.209. The van der Waals surface area contributed by atoms with E-state index in [1.54, 1.807) is 0 Å². The highest BCUT2D eigenvalue weighted by molar-refractivity contribution is 5.23. The molecule has 2 rings (SSSR count). The van der Waals surface area contributed by atoms with Gasteiger partial charge in [-0.15, -0.1) is 0 Å². The first kappa shape index (κ1) is 9.67. The zero-order valence-corrected chi connectivity index (χ0v) is 7.71. The molecule has 76 valence electrons. The molecule has 15 heavy (non-hydrogen) atoms. The van der Waals surface area contributed by atoms with Crippen molar-refractivity contribution in [3.05, 3.63) is 54.1 Å². The van der Waals surface area contributed by atoms with E-state index in [1.807, 2.05) is 0 Å². The molecule has 4 nitrogen and oxygen atoms in total. The van der Waals surface area contributed by atoms with Crippen LogP contribution in [0, 0.1) is 5.82 Å². The van der Waals surface area contributed by atoms with Crippen molar-refractivity contribution in [3.8, 4) is 0 Å². The summed E-state index contributed by atoms with van der Waals surface area (Å²) in [6.07, 6.45) is 4.18. The summed E-state index contributed by atoms with van der Waals surface area (Å²) in [5.74, 6) is -0.552. The molecule has 1 N–H and O–H groups in total. The molecule has 2 aromatic rings. The second kappa shape index (κ2) is 4.10. The van der Waals surface area contributed by atoms with Crippen LogP contribution in [0.15, 0.2) is 37.1 Å². The van der Waals surface area contributed by atoms with E-state index in [9.17, 15) is 9.50 Å². The summed E-state index contributed by atoms with van der Waals surface area (Å²) in [6.45, 7) is 0. The Labute approximate surface area is 85.5 Å². The molecule has 0 bridgehead atoms. The lowest BCUT2D eigenvalue weighted by Crippen LogP contribution is -2.05. The Kier molecular flexibility index (Phi) is 2.64. The predicted molar refractivity (Wildman–Crippen MR) is 50.3 cm³/mol. The normalized spacial score (nSPS) is 12.4. The monoisotopic (exact) mass is 205 g/mol. The predicted octanol–water partition coefficient (Wildman–Crippen LogP) is 1.09. The largest absolute Gasteiger partial charge is 0.382 e. The van der Waals surface area contributed by atoms with E-state index < -0.39 is 11.9 Å². The minimum absolute atomic E-state index is 0.156. The quantitative estimate of drug-likeness (QED) is 0.797. The van der Waals surface area contributed by atoms with Crippen molar-refractivity contribution in [2.75, 3.05) is 0 Å². The average molecular weight is 205 g/mol. The maximum atomic E-state index is 13.3. The number of aromatic nitrogens is 3. The van der Waals surface area contributed by atoms with Crippen molar-refractivity contribution >= 4 is 0 Å². The summed E-state index contributed by atoms with van der Waals surface area (Å²) in [5.41, 5.74) is 0.513. The van der Waals surface area contributed by atoms with Crippen LogP contribution < -0.4 is 0 Å². The van der Waals surface area contributed by atoms with Gasteiger partial charge in [0.1, 0.15) is 18.2 Å². The second-order valence-corrected chi connectivity index (χ2v) is 2.93. The van der Waals surface area contributed by atoms with Crippen LogP contribution in [-0.4, -0.2) is 20.1 Å². The smallest absolute Gasteiger partial charge is 0.147 e. The van der Waals surface area contributed by atoms with Crippen LogP contribution >= 0.6 is 0 Å². The summed E-state index contributed by atoms with van der Waals surface area (Å²) in [4.78, 5) is 11.2. The van der Waals surface area contributed by atoms with Crippen LogP contribution in [0.3, 0.4) is 0 Å². The maximum Gasteiger partial charge on any atom is 0.147 e. The van der Waals surface area contributed by atoms with Gasteiger partial charge in [-0.25, -0.2) is 14.4 Å². The maximum absolute atomic E-state index is 13.3. The highest BCUT2D eigenvalue weighted by Gasteiger charge is 2.15. The Morgan fingerprint density at radius 3 is 2.67 bits per heavy atom. The number of aliphatic hydroxyl groups is 1. The summed E-state index contributed by atoms with van der Waals surface area (Å²) in [6, 6.07) is 2.95. The van der Waals surface area contributed by atoms with Crippen molar-refractivity contribution in [2.45, 2.75) is 6.10 Å². The molecule has 0 aromatic carbocycles. The average Bonchev–Trinajstić information content (AvgIpc) is 2.30. The van der Waals surface area contributed by atoms with E-state index in [1.165, 1.54) is 30.9 Å². The number of aliphatic hydroxyl groups excluding tert-OH is 1. The number of hydrogen-bond donors (Lipinski definition) is 1. The third-order valence-corrected chi connectivity index (χ3v) is 1.98. The lowest BCUT2D eigenvalue weighted by Gasteiger charge is -2.09. The van der Waals surface area contributed by atoms with Gasteiger partial charge >= 0.3 is 0 Å². The summed E-state index contributed by atoms with van der Waals surface area (Å²) < 4.78 is 13.3. The number of pyridine rings is 1. The summed E-state index contributed by atoms with van der Waals surface area (Å²) >= 11 is 0. The molecule has 0 radical (unpaired) electrons. The van der Waals surface area contributed by atoms with Gasteiger partial charge < -0.3 is 5.11 Å². The molecule has 0 saturated carbocycles. The molecule has 5 heteroatoms. The SMILES string of the molecule is OC(c1ccncn1)c1ccncc1F. The Morgan fingerprint density at radius 2 is 2.00 bits per heavy atom. The molecule has 0 saturated heterocycles. The summed E-state index contributed by atoms with van der Waals surface area (Å²) in [7, 11) is 0. The van der Waals surface area contributed by atoms with Gasteiger partial charge in [-0.2, -0.15) is 0 Å². The van der Waals surface area contributed by atoms with Crippen LogP contribution in [-0.2, 0) is 0 Å². The van der Waals surface area contributed by atoms with Gasteiger partial charge in [-0.1, -0.05) is 0 Å². The Morgan fingerprint density at radius 1 is 1.20 bits per heavy atom. The van der Waals surface area contributed by atoms with Crippen molar-refractivity contribution in [3.63, 3.8) is 0 Å². The minimum Gasteiger partial charge on any atom is -0.382 e. The molecule has 0 amide bonds. The van der Waals surface area contributed by atoms with Crippen LogP contribution in [0.4, 0.5) is 4.39 Å². The minimum atomic E-state index is -1.09. The van der Waals surface area contributed by atoms with E-state index in [2.05, 4.69) is 15.0 Å². The van der Waals surface area contributed by atoms with Crippen molar-refractivity contribution in [1.82, 2.24) is 15.0 Å². The van der Waals surface area contributed by atoms with Gasteiger partial charge in [0.25, 0.3) is 0 Å². The fourth-order valence-electron chi connectivity index (χ4n) is 1.23. The molecular weight excluding hydrogens is 197 g/mol. The zero-order chi connectivity index (χ0) is 10.7. The number of rotatable bonds is 2. The van der Waals surface area contributed by atoms with Crippen LogP contribution in [0.2, 0.25) is 0 Å². The molecule has 0 spiro atoms. The zero-order valence-electron chi connectivity index (χ0n) is 7.71. The molecule has 0 aliphatic carbocycles. The number of hydrogen-bond acceptors (Lipinski definition) is 4. The third kappa shape index (κ3) is 1.97. The van der Waals surface area contributed by atoms with Gasteiger partial charge in [0.15, 0.2) is 0 Å². The lowest BCUT2D eigenvalue weighted by atomic mass is 10.1. The molecule has 2 heterocycles. The Bertz CT molecular complexity index is 449. The van der Waals surface area contributed by atoms with Gasteiger partial charge in [-0.05, 0) is 12.1 Å². The first-order chi connectivity index (χ1) is 7.29. The molecule has 0 aliphatic heterocycles. The van der Waals surface area contributed by atoms with Crippen LogP contribution in [0.25, 0.3) is 0 Å². The first-order valence-corrected chi connectivity index (χ1v) is 4.32. The standard InChI is InChI=1S/C10H8FN3O/c11-8-5-12-3-1-7(8)10(15)9-2-4-13-6-14-9/h1-6,10,15H. The molecule has 1 atom stereocenters. The van der Waals surface area contributed by atoms with Gasteiger partial charge in [-0.3, -0.25) is 4.98 Å². The molecule has 1 unspecified atom stereocenters. The first-order valence-electron chi connectivity index (χ1n) is 4.32. The molecule has 0 fully saturated rings. The fourth-order valence-corrected chi connectivity index (χ4v) is 1.23.